The Morgan fingerprint density at radius 2 is 1.67 bits per heavy atom. The zero-order valence-electron chi connectivity index (χ0n) is 9.09. The highest BCUT2D eigenvalue weighted by Crippen LogP contribution is 2.33. The van der Waals surface area contributed by atoms with Crippen molar-refractivity contribution in [1.82, 2.24) is 0 Å². The molecular weight excluding hydrogens is 281 g/mol. The number of benzene rings is 2. The van der Waals surface area contributed by atoms with Crippen LogP contribution in [0.3, 0.4) is 0 Å². The number of hydrogen-bond acceptors (Lipinski definition) is 1. The van der Waals surface area contributed by atoms with Crippen LogP contribution in [0.5, 0.6) is 11.5 Å². The predicted molar refractivity (Wildman–Crippen MR) is 67.4 cm³/mol. The van der Waals surface area contributed by atoms with Crippen LogP contribution >= 0.6 is 23.2 Å². The van der Waals surface area contributed by atoms with E-state index in [1.165, 1.54) is 12.1 Å². The molecule has 0 saturated heterocycles. The van der Waals surface area contributed by atoms with Crippen LogP contribution in [0.15, 0.2) is 36.4 Å². The van der Waals surface area contributed by atoms with Gasteiger partial charge in [0.05, 0.1) is 5.88 Å². The maximum atomic E-state index is 13.5. The van der Waals surface area contributed by atoms with Gasteiger partial charge in [0.15, 0.2) is 11.6 Å². The molecule has 0 aliphatic rings. The molecule has 0 unspecified atom stereocenters. The lowest BCUT2D eigenvalue weighted by Crippen LogP contribution is -1.94. The highest BCUT2D eigenvalue weighted by atomic mass is 35.5. The molecule has 0 amide bonds. The van der Waals surface area contributed by atoms with Crippen molar-refractivity contribution in [1.29, 1.82) is 0 Å². The summed E-state index contributed by atoms with van der Waals surface area (Å²) in [5.74, 6) is -1.79. The minimum Gasteiger partial charge on any atom is -0.454 e. The molecule has 0 spiro atoms. The van der Waals surface area contributed by atoms with Gasteiger partial charge in [0.1, 0.15) is 5.75 Å². The lowest BCUT2D eigenvalue weighted by molar-refractivity contribution is 0.414. The van der Waals surface area contributed by atoms with E-state index in [2.05, 4.69) is 0 Å². The number of ether oxygens (including phenoxy) is 1. The van der Waals surface area contributed by atoms with Gasteiger partial charge in [-0.15, -0.1) is 11.6 Å². The van der Waals surface area contributed by atoms with E-state index in [0.717, 1.165) is 6.07 Å². The molecule has 0 N–H and O–H groups in total. The fourth-order valence-electron chi connectivity index (χ4n) is 1.45. The van der Waals surface area contributed by atoms with Gasteiger partial charge < -0.3 is 4.74 Å². The Morgan fingerprint density at radius 3 is 2.39 bits per heavy atom. The summed E-state index contributed by atoms with van der Waals surface area (Å²) in [6, 6.07) is 8.59. The molecule has 2 aromatic rings. The van der Waals surface area contributed by atoms with Crippen molar-refractivity contribution in [2.45, 2.75) is 5.88 Å². The summed E-state index contributed by atoms with van der Waals surface area (Å²) in [5.41, 5.74) is 0.532. The molecular formula is C13H8Cl2F2O. The third-order valence-electron chi connectivity index (χ3n) is 2.35. The van der Waals surface area contributed by atoms with E-state index >= 15 is 0 Å². The SMILES string of the molecule is Fc1cccc(Oc2cccc(Cl)c2CCl)c1F. The van der Waals surface area contributed by atoms with Gasteiger partial charge in [-0.3, -0.25) is 0 Å². The molecule has 2 aromatic carbocycles. The van der Waals surface area contributed by atoms with Gasteiger partial charge in [-0.1, -0.05) is 23.7 Å². The van der Waals surface area contributed by atoms with Crippen LogP contribution in [0.4, 0.5) is 8.78 Å². The zero-order chi connectivity index (χ0) is 13.1. The maximum Gasteiger partial charge on any atom is 0.201 e. The topological polar surface area (TPSA) is 9.23 Å². The van der Waals surface area contributed by atoms with E-state index in [1.54, 1.807) is 18.2 Å². The summed E-state index contributed by atoms with van der Waals surface area (Å²) in [5, 5.41) is 0.416. The maximum absolute atomic E-state index is 13.5. The van der Waals surface area contributed by atoms with E-state index in [9.17, 15) is 8.78 Å². The summed E-state index contributed by atoms with van der Waals surface area (Å²) in [4.78, 5) is 0. The smallest absolute Gasteiger partial charge is 0.201 e. The highest BCUT2D eigenvalue weighted by Gasteiger charge is 2.13. The number of halogens is 4. The first-order valence-corrected chi connectivity index (χ1v) is 6.00. The molecule has 0 aromatic heterocycles. The third kappa shape index (κ3) is 2.57. The first kappa shape index (κ1) is 13.1. The van der Waals surface area contributed by atoms with Crippen LogP contribution in [-0.4, -0.2) is 0 Å². The first-order chi connectivity index (χ1) is 8.63. The molecule has 0 bridgehead atoms. The minimum atomic E-state index is -1.04. The van der Waals surface area contributed by atoms with Crippen molar-refractivity contribution in [3.05, 3.63) is 58.6 Å². The summed E-state index contributed by atoms with van der Waals surface area (Å²) in [6.07, 6.45) is 0. The average molecular weight is 289 g/mol. The Kier molecular flexibility index (Phi) is 4.04. The lowest BCUT2D eigenvalue weighted by atomic mass is 10.2. The van der Waals surface area contributed by atoms with Crippen LogP contribution < -0.4 is 4.74 Å². The largest absolute Gasteiger partial charge is 0.454 e. The van der Waals surface area contributed by atoms with Crippen molar-refractivity contribution >= 4 is 23.2 Å². The summed E-state index contributed by atoms with van der Waals surface area (Å²) >= 11 is 11.7. The molecule has 1 nitrogen and oxygen atoms in total. The van der Waals surface area contributed by atoms with E-state index in [1.807, 2.05) is 0 Å². The van der Waals surface area contributed by atoms with E-state index in [4.69, 9.17) is 27.9 Å². The Bertz CT molecular complexity index is 573. The first-order valence-electron chi connectivity index (χ1n) is 5.08. The molecule has 0 heterocycles. The van der Waals surface area contributed by atoms with Gasteiger partial charge in [0, 0.05) is 10.6 Å². The van der Waals surface area contributed by atoms with E-state index < -0.39 is 11.6 Å². The van der Waals surface area contributed by atoms with Gasteiger partial charge >= 0.3 is 0 Å². The molecule has 0 radical (unpaired) electrons. The second-order valence-electron chi connectivity index (χ2n) is 3.50. The fourth-order valence-corrected chi connectivity index (χ4v) is 2.02. The van der Waals surface area contributed by atoms with Gasteiger partial charge in [0.25, 0.3) is 0 Å². The van der Waals surface area contributed by atoms with Crippen LogP contribution in [0.2, 0.25) is 5.02 Å². The molecule has 18 heavy (non-hydrogen) atoms. The molecule has 0 aliphatic carbocycles. The highest BCUT2D eigenvalue weighted by molar-refractivity contribution is 6.32. The Hall–Kier alpha value is -1.32. The monoisotopic (exact) mass is 288 g/mol. The van der Waals surface area contributed by atoms with E-state index in [-0.39, 0.29) is 11.6 Å². The van der Waals surface area contributed by atoms with Crippen molar-refractivity contribution in [3.8, 4) is 11.5 Å². The third-order valence-corrected chi connectivity index (χ3v) is 2.97. The quantitative estimate of drug-likeness (QED) is 0.710. The zero-order valence-corrected chi connectivity index (χ0v) is 10.6. The molecule has 0 fully saturated rings. The second-order valence-corrected chi connectivity index (χ2v) is 4.18. The number of rotatable bonds is 3. The summed E-state index contributed by atoms with van der Waals surface area (Å²) < 4.78 is 31.8. The second kappa shape index (κ2) is 5.55. The van der Waals surface area contributed by atoms with E-state index in [0.29, 0.717) is 16.3 Å². The van der Waals surface area contributed by atoms with Crippen LogP contribution in [0.1, 0.15) is 5.56 Å². The Morgan fingerprint density at radius 1 is 1.00 bits per heavy atom. The Balaban J connectivity index is 2.40. The molecule has 5 heteroatoms. The average Bonchev–Trinajstić information content (AvgIpc) is 2.35. The molecule has 0 atom stereocenters. The molecule has 0 saturated carbocycles. The minimum absolute atomic E-state index is 0.117. The summed E-state index contributed by atoms with van der Waals surface area (Å²) in [7, 11) is 0. The predicted octanol–water partition coefficient (Wildman–Crippen LogP) is 5.15. The van der Waals surface area contributed by atoms with Crippen molar-refractivity contribution in [3.63, 3.8) is 0 Å². The fraction of sp³-hybridized carbons (Fsp3) is 0.0769. The van der Waals surface area contributed by atoms with Gasteiger partial charge in [-0.25, -0.2) is 4.39 Å². The van der Waals surface area contributed by atoms with Crippen molar-refractivity contribution in [2.24, 2.45) is 0 Å². The number of hydrogen-bond donors (Lipinski definition) is 0. The molecule has 94 valence electrons. The van der Waals surface area contributed by atoms with Crippen molar-refractivity contribution < 1.29 is 13.5 Å². The van der Waals surface area contributed by atoms with Crippen LogP contribution in [0.25, 0.3) is 0 Å². The van der Waals surface area contributed by atoms with Gasteiger partial charge in [-0.2, -0.15) is 4.39 Å². The van der Waals surface area contributed by atoms with Gasteiger partial charge in [0.2, 0.25) is 5.82 Å². The number of alkyl halides is 1. The standard InChI is InChI=1S/C13H8Cl2F2O/c14-7-8-9(15)3-1-5-11(8)18-12-6-2-4-10(16)13(12)17/h1-6H,7H2. The molecule has 0 aliphatic heterocycles. The van der Waals surface area contributed by atoms with Crippen LogP contribution in [-0.2, 0) is 5.88 Å². The molecule has 2 rings (SSSR count). The lowest BCUT2D eigenvalue weighted by Gasteiger charge is -2.11. The van der Waals surface area contributed by atoms with Crippen LogP contribution in [0, 0.1) is 11.6 Å². The normalized spacial score (nSPS) is 10.4. The Labute approximate surface area is 113 Å². The van der Waals surface area contributed by atoms with Crippen molar-refractivity contribution in [2.75, 3.05) is 0 Å². The van der Waals surface area contributed by atoms with Gasteiger partial charge in [-0.05, 0) is 24.3 Å². The summed E-state index contributed by atoms with van der Waals surface area (Å²) in [6.45, 7) is 0.